The van der Waals surface area contributed by atoms with Crippen molar-refractivity contribution >= 4 is 38.4 Å². The van der Waals surface area contributed by atoms with Crippen LogP contribution in [0.5, 0.6) is 0 Å². The lowest BCUT2D eigenvalue weighted by Crippen LogP contribution is -2.59. The number of benzene rings is 1. The molecule has 196 valence electrons. The zero-order valence-electron chi connectivity index (χ0n) is 19.5. The summed E-state index contributed by atoms with van der Waals surface area (Å²) in [7, 11) is -4.04. The Kier molecular flexibility index (Phi) is 5.85. The number of halogens is 1. The van der Waals surface area contributed by atoms with E-state index in [4.69, 9.17) is 11.6 Å². The number of nitrogens with one attached hydrogen (secondary N) is 1. The number of carbonyl (C=O) groups excluding carboxylic acids is 1. The molecule has 38 heavy (non-hydrogen) atoms. The second-order valence-corrected chi connectivity index (χ2v) is 11.6. The van der Waals surface area contributed by atoms with E-state index in [1.165, 1.54) is 35.8 Å². The van der Waals surface area contributed by atoms with Crippen LogP contribution in [0.25, 0.3) is 22.0 Å². The Morgan fingerprint density at radius 1 is 1.03 bits per heavy atom. The molecule has 1 aromatic carbocycles. The van der Waals surface area contributed by atoms with Crippen LogP contribution in [0, 0.1) is 5.21 Å². The van der Waals surface area contributed by atoms with Crippen molar-refractivity contribution in [3.8, 4) is 11.1 Å². The standard InChI is InChI=1S/C24H21ClN6O6S/c25-16-1-2-17-14(7-16)8-20(28-17)38(36,37)30-11-18-21(32)22(33)19(12-30)31(18)24(34)23-26-9-15(10-27-23)13-3-5-29(35)6-4-13/h1-10,18-19,21-22,28,32-33H,11-12H2. The molecular formula is C24H21ClN6O6S. The van der Waals surface area contributed by atoms with Crippen LogP contribution in [0.2, 0.25) is 5.02 Å². The molecule has 0 saturated carbocycles. The number of piperazine rings is 1. The quantitative estimate of drug-likeness (QED) is 0.242. The number of amides is 1. The first-order valence-electron chi connectivity index (χ1n) is 11.6. The van der Waals surface area contributed by atoms with Gasteiger partial charge in [-0.1, -0.05) is 11.6 Å². The van der Waals surface area contributed by atoms with Gasteiger partial charge in [0.15, 0.2) is 12.4 Å². The molecule has 4 unspecified atom stereocenters. The smallest absolute Gasteiger partial charge is 0.292 e. The van der Waals surface area contributed by atoms with Crippen LogP contribution in [0.1, 0.15) is 10.6 Å². The van der Waals surface area contributed by atoms with Gasteiger partial charge in [0.1, 0.15) is 17.2 Å². The fourth-order valence-electron chi connectivity index (χ4n) is 5.07. The van der Waals surface area contributed by atoms with Crippen molar-refractivity contribution < 1.29 is 28.2 Å². The Morgan fingerprint density at radius 3 is 2.29 bits per heavy atom. The molecule has 2 fully saturated rings. The predicted octanol–water partition coefficient (Wildman–Crippen LogP) is 0.531. The average Bonchev–Trinajstić information content (AvgIpc) is 3.41. The molecule has 5 heterocycles. The van der Waals surface area contributed by atoms with Crippen LogP contribution >= 0.6 is 11.6 Å². The lowest BCUT2D eigenvalue weighted by molar-refractivity contribution is -0.605. The second-order valence-electron chi connectivity index (χ2n) is 9.26. The molecule has 0 spiro atoms. The highest BCUT2D eigenvalue weighted by molar-refractivity contribution is 7.89. The number of nitrogens with zero attached hydrogens (tertiary/aromatic N) is 5. The molecule has 6 rings (SSSR count). The maximum atomic E-state index is 13.5. The Hall–Kier alpha value is -3.62. The third-order valence-electron chi connectivity index (χ3n) is 7.02. The normalized spacial score (nSPS) is 23.7. The summed E-state index contributed by atoms with van der Waals surface area (Å²) < 4.78 is 28.7. The minimum absolute atomic E-state index is 0.0553. The van der Waals surface area contributed by atoms with Crippen LogP contribution in [0.15, 0.2) is 66.2 Å². The van der Waals surface area contributed by atoms with E-state index >= 15 is 0 Å². The number of fused-ring (bicyclic) bond motifs is 3. The number of aliphatic hydroxyl groups is 2. The minimum atomic E-state index is -4.04. The molecule has 2 aliphatic rings. The van der Waals surface area contributed by atoms with Crippen LogP contribution in [-0.4, -0.2) is 86.1 Å². The predicted molar refractivity (Wildman–Crippen MR) is 134 cm³/mol. The van der Waals surface area contributed by atoms with Gasteiger partial charge in [0.25, 0.3) is 15.9 Å². The molecule has 14 heteroatoms. The Labute approximate surface area is 221 Å². The van der Waals surface area contributed by atoms with Gasteiger partial charge in [-0.25, -0.2) is 18.4 Å². The molecule has 4 atom stereocenters. The van der Waals surface area contributed by atoms with Gasteiger partial charge in [-0.2, -0.15) is 9.04 Å². The monoisotopic (exact) mass is 556 g/mol. The molecule has 1 amide bonds. The first-order valence-corrected chi connectivity index (χ1v) is 13.4. The van der Waals surface area contributed by atoms with Crippen molar-refractivity contribution in [1.29, 1.82) is 0 Å². The van der Waals surface area contributed by atoms with Crippen molar-refractivity contribution in [2.45, 2.75) is 29.3 Å². The van der Waals surface area contributed by atoms with Gasteiger partial charge >= 0.3 is 0 Å². The minimum Gasteiger partial charge on any atom is -0.619 e. The third-order valence-corrected chi connectivity index (χ3v) is 9.01. The van der Waals surface area contributed by atoms with Gasteiger partial charge in [-0.15, -0.1) is 0 Å². The largest absolute Gasteiger partial charge is 0.619 e. The summed E-state index contributed by atoms with van der Waals surface area (Å²) in [5.74, 6) is -0.798. The highest BCUT2D eigenvalue weighted by Gasteiger charge is 2.56. The number of carbonyl (C=O) groups is 1. The van der Waals surface area contributed by atoms with Crippen LogP contribution < -0.4 is 4.73 Å². The molecule has 12 nitrogen and oxygen atoms in total. The molecule has 2 bridgehead atoms. The zero-order chi connectivity index (χ0) is 26.8. The van der Waals surface area contributed by atoms with Crippen molar-refractivity contribution in [3.05, 3.63) is 77.2 Å². The maximum absolute atomic E-state index is 13.5. The van der Waals surface area contributed by atoms with Gasteiger partial charge in [-0.3, -0.25) is 4.79 Å². The summed E-state index contributed by atoms with van der Waals surface area (Å²) in [5.41, 5.74) is 1.86. The van der Waals surface area contributed by atoms with Crippen LogP contribution in [-0.2, 0) is 10.0 Å². The molecule has 3 aromatic heterocycles. The number of pyridine rings is 1. The highest BCUT2D eigenvalue weighted by atomic mass is 35.5. The molecule has 0 radical (unpaired) electrons. The molecule has 4 aromatic rings. The molecule has 2 saturated heterocycles. The van der Waals surface area contributed by atoms with Gasteiger partial charge in [-0.05, 0) is 29.8 Å². The lowest BCUT2D eigenvalue weighted by Gasteiger charge is -2.39. The fraction of sp³-hybridized carbons (Fsp3) is 0.250. The number of H-pyrrole nitrogens is 1. The van der Waals surface area contributed by atoms with E-state index < -0.39 is 40.2 Å². The van der Waals surface area contributed by atoms with Gasteiger partial charge in [0.05, 0.1) is 12.1 Å². The van der Waals surface area contributed by atoms with Gasteiger partial charge < -0.3 is 25.3 Å². The highest BCUT2D eigenvalue weighted by Crippen LogP contribution is 2.35. The molecular weight excluding hydrogens is 536 g/mol. The topological polar surface area (TPSA) is 167 Å². The van der Waals surface area contributed by atoms with Crippen molar-refractivity contribution in [2.75, 3.05) is 13.1 Å². The number of hydrogen-bond donors (Lipinski definition) is 3. The summed E-state index contributed by atoms with van der Waals surface area (Å²) >= 11 is 6.02. The summed E-state index contributed by atoms with van der Waals surface area (Å²) in [6, 6.07) is 7.59. The van der Waals surface area contributed by atoms with E-state index in [1.807, 2.05) is 0 Å². The van der Waals surface area contributed by atoms with E-state index in [9.17, 15) is 28.6 Å². The maximum Gasteiger partial charge on any atom is 0.292 e. The Bertz CT molecular complexity index is 1630. The number of hydrogen-bond acceptors (Lipinski definition) is 8. The average molecular weight is 557 g/mol. The van der Waals surface area contributed by atoms with Crippen molar-refractivity contribution in [3.63, 3.8) is 0 Å². The number of aromatic nitrogens is 4. The van der Waals surface area contributed by atoms with Gasteiger partial charge in [0, 0.05) is 59.1 Å². The lowest BCUT2D eigenvalue weighted by atomic mass is 10.1. The van der Waals surface area contributed by atoms with Crippen LogP contribution in [0.3, 0.4) is 0 Å². The summed E-state index contributed by atoms with van der Waals surface area (Å²) in [4.78, 5) is 25.8. The van der Waals surface area contributed by atoms with Crippen molar-refractivity contribution in [1.82, 2.24) is 24.2 Å². The first kappa shape index (κ1) is 24.7. The third kappa shape index (κ3) is 3.99. The summed E-state index contributed by atoms with van der Waals surface area (Å²) in [6.45, 7) is -0.452. The molecule has 3 N–H and O–H groups in total. The SMILES string of the molecule is O=C(c1ncc(-c2cc[n+]([O-])cc2)cn1)N1C2CN(S(=O)(=O)c3cc4cc(Cl)ccc4[nH]3)CC1C(O)C2O. The second kappa shape index (κ2) is 8.99. The first-order chi connectivity index (χ1) is 18.1. The van der Waals surface area contributed by atoms with E-state index in [0.29, 0.717) is 31.8 Å². The van der Waals surface area contributed by atoms with E-state index in [-0.39, 0.29) is 23.9 Å². The van der Waals surface area contributed by atoms with E-state index in [1.54, 1.807) is 30.3 Å². The van der Waals surface area contributed by atoms with Crippen LogP contribution in [0.4, 0.5) is 0 Å². The zero-order valence-corrected chi connectivity index (χ0v) is 21.1. The summed E-state index contributed by atoms with van der Waals surface area (Å²) in [6.07, 6.45) is 2.81. The van der Waals surface area contributed by atoms with Gasteiger partial charge in [0.2, 0.25) is 5.82 Å². The molecule has 2 aliphatic heterocycles. The number of aromatic amines is 1. The number of rotatable bonds is 4. The number of aliphatic hydroxyl groups excluding tert-OH is 2. The van der Waals surface area contributed by atoms with E-state index in [2.05, 4.69) is 15.0 Å². The number of sulfonamides is 1. The molecule has 0 aliphatic carbocycles. The fourth-order valence-corrected chi connectivity index (χ4v) is 6.75. The summed E-state index contributed by atoms with van der Waals surface area (Å²) in [5, 5.41) is 33.7. The van der Waals surface area contributed by atoms with E-state index in [0.717, 1.165) is 4.31 Å². The Morgan fingerprint density at radius 2 is 1.66 bits per heavy atom. The van der Waals surface area contributed by atoms with Crippen molar-refractivity contribution in [2.24, 2.45) is 0 Å². The Balaban J connectivity index is 1.26.